The van der Waals surface area contributed by atoms with Gasteiger partial charge in [0.1, 0.15) is 5.78 Å². The lowest BCUT2D eigenvalue weighted by Gasteiger charge is -2.28. The summed E-state index contributed by atoms with van der Waals surface area (Å²) in [4.78, 5) is 22.7. The molecule has 0 aliphatic heterocycles. The van der Waals surface area contributed by atoms with Gasteiger partial charge < -0.3 is 4.74 Å². The fraction of sp³-hybridized carbons (Fsp3) is 0.818. The van der Waals surface area contributed by atoms with E-state index in [9.17, 15) is 9.59 Å². The second kappa shape index (κ2) is 5.13. The number of hydrogen-bond donors (Lipinski definition) is 0. The number of carbonyl (C=O) groups is 2. The van der Waals surface area contributed by atoms with Crippen LogP contribution in [0.1, 0.15) is 39.0 Å². The van der Waals surface area contributed by atoms with Crippen LogP contribution in [0, 0.1) is 11.8 Å². The first-order valence-electron chi connectivity index (χ1n) is 5.28. The van der Waals surface area contributed by atoms with E-state index in [1.165, 1.54) is 7.11 Å². The second-order valence-corrected chi connectivity index (χ2v) is 3.96. The summed E-state index contributed by atoms with van der Waals surface area (Å²) in [6, 6.07) is 0. The Morgan fingerprint density at radius 2 is 2.29 bits per heavy atom. The Hall–Kier alpha value is -0.860. The minimum Gasteiger partial charge on any atom is -0.469 e. The summed E-state index contributed by atoms with van der Waals surface area (Å²) in [7, 11) is 1.39. The maximum Gasteiger partial charge on any atom is 0.309 e. The molecule has 0 aromatic rings. The molecule has 1 aliphatic rings. The predicted octanol–water partition coefficient (Wildman–Crippen LogP) is 1.94. The van der Waals surface area contributed by atoms with Crippen LogP contribution < -0.4 is 0 Å². The standard InChI is InChI=1S/C11H18O3/c1-3-4-8-5-6-9(12)7-10(8)11(13)14-2/h8,10H,3-7H2,1-2H3. The summed E-state index contributed by atoms with van der Waals surface area (Å²) in [6.07, 6.45) is 3.96. The Bertz CT molecular complexity index is 223. The normalized spacial score (nSPS) is 27.4. The van der Waals surface area contributed by atoms with Gasteiger partial charge in [0.05, 0.1) is 13.0 Å². The van der Waals surface area contributed by atoms with E-state index in [4.69, 9.17) is 4.74 Å². The zero-order valence-electron chi connectivity index (χ0n) is 8.91. The lowest BCUT2D eigenvalue weighted by Crippen LogP contribution is -2.32. The highest BCUT2D eigenvalue weighted by atomic mass is 16.5. The molecule has 80 valence electrons. The first-order chi connectivity index (χ1) is 6.69. The Balaban J connectivity index is 2.63. The first kappa shape index (κ1) is 11.2. The van der Waals surface area contributed by atoms with Gasteiger partial charge in [-0.15, -0.1) is 0 Å². The lowest BCUT2D eigenvalue weighted by molar-refractivity contribution is -0.151. The van der Waals surface area contributed by atoms with E-state index in [1.807, 2.05) is 0 Å². The van der Waals surface area contributed by atoms with Crippen LogP contribution >= 0.6 is 0 Å². The van der Waals surface area contributed by atoms with Gasteiger partial charge in [0.15, 0.2) is 0 Å². The quantitative estimate of drug-likeness (QED) is 0.651. The SMILES string of the molecule is CCCC1CCC(=O)CC1C(=O)OC. The molecule has 0 spiro atoms. The molecule has 0 heterocycles. The van der Waals surface area contributed by atoms with Crippen LogP contribution in [-0.4, -0.2) is 18.9 Å². The number of hydrogen-bond acceptors (Lipinski definition) is 3. The minimum absolute atomic E-state index is 0.179. The number of ether oxygens (including phenoxy) is 1. The zero-order chi connectivity index (χ0) is 10.6. The number of esters is 1. The molecule has 0 amide bonds. The van der Waals surface area contributed by atoms with Crippen molar-refractivity contribution >= 4 is 11.8 Å². The topological polar surface area (TPSA) is 43.4 Å². The van der Waals surface area contributed by atoms with E-state index < -0.39 is 0 Å². The first-order valence-corrected chi connectivity index (χ1v) is 5.28. The molecule has 1 fully saturated rings. The van der Waals surface area contributed by atoms with Gasteiger partial charge in [0, 0.05) is 12.8 Å². The molecule has 2 unspecified atom stereocenters. The average molecular weight is 198 g/mol. The summed E-state index contributed by atoms with van der Waals surface area (Å²) in [6.45, 7) is 2.10. The molecule has 1 saturated carbocycles. The Labute approximate surface area is 84.8 Å². The highest BCUT2D eigenvalue weighted by Gasteiger charge is 2.34. The van der Waals surface area contributed by atoms with Crippen molar-refractivity contribution in [2.24, 2.45) is 11.8 Å². The predicted molar refractivity (Wildman–Crippen MR) is 52.8 cm³/mol. The van der Waals surface area contributed by atoms with Crippen molar-refractivity contribution in [2.75, 3.05) is 7.11 Å². The lowest BCUT2D eigenvalue weighted by atomic mass is 9.76. The number of methoxy groups -OCH3 is 1. The Morgan fingerprint density at radius 3 is 2.86 bits per heavy atom. The summed E-state index contributed by atoms with van der Waals surface area (Å²) < 4.78 is 4.72. The number of rotatable bonds is 3. The van der Waals surface area contributed by atoms with Gasteiger partial charge in [-0.3, -0.25) is 9.59 Å². The Kier molecular flexibility index (Phi) is 4.11. The summed E-state index contributed by atoms with van der Waals surface area (Å²) in [5.74, 6) is 0.163. The van der Waals surface area contributed by atoms with Gasteiger partial charge in [0.25, 0.3) is 0 Å². The highest BCUT2D eigenvalue weighted by molar-refractivity contribution is 5.85. The van der Waals surface area contributed by atoms with Crippen molar-refractivity contribution in [3.05, 3.63) is 0 Å². The van der Waals surface area contributed by atoms with Crippen molar-refractivity contribution < 1.29 is 14.3 Å². The van der Waals surface area contributed by atoms with E-state index in [0.29, 0.717) is 18.8 Å². The molecule has 0 aromatic carbocycles. The number of carbonyl (C=O) groups excluding carboxylic acids is 2. The molecule has 0 saturated heterocycles. The monoisotopic (exact) mass is 198 g/mol. The van der Waals surface area contributed by atoms with Gasteiger partial charge >= 0.3 is 5.97 Å². The van der Waals surface area contributed by atoms with Crippen LogP contribution in [-0.2, 0) is 14.3 Å². The third-order valence-corrected chi connectivity index (χ3v) is 2.97. The van der Waals surface area contributed by atoms with Crippen molar-refractivity contribution in [1.29, 1.82) is 0 Å². The molecule has 2 atom stereocenters. The van der Waals surface area contributed by atoms with Crippen molar-refractivity contribution in [3.8, 4) is 0 Å². The number of ketones is 1. The van der Waals surface area contributed by atoms with Gasteiger partial charge in [0.2, 0.25) is 0 Å². The smallest absolute Gasteiger partial charge is 0.309 e. The Morgan fingerprint density at radius 1 is 1.57 bits per heavy atom. The van der Waals surface area contributed by atoms with Crippen molar-refractivity contribution in [1.82, 2.24) is 0 Å². The average Bonchev–Trinajstić information content (AvgIpc) is 2.20. The fourth-order valence-corrected chi connectivity index (χ4v) is 2.21. The summed E-state index contributed by atoms with van der Waals surface area (Å²) in [5, 5.41) is 0. The van der Waals surface area contributed by atoms with Crippen LogP contribution in [0.15, 0.2) is 0 Å². The highest BCUT2D eigenvalue weighted by Crippen LogP contribution is 2.32. The molecular formula is C11H18O3. The van der Waals surface area contributed by atoms with Gasteiger partial charge in [-0.25, -0.2) is 0 Å². The molecule has 0 N–H and O–H groups in total. The maximum atomic E-state index is 11.4. The van der Waals surface area contributed by atoms with E-state index in [2.05, 4.69) is 6.92 Å². The van der Waals surface area contributed by atoms with Gasteiger partial charge in [-0.2, -0.15) is 0 Å². The minimum atomic E-state index is -0.212. The van der Waals surface area contributed by atoms with Gasteiger partial charge in [-0.05, 0) is 18.8 Å². The fourth-order valence-electron chi connectivity index (χ4n) is 2.21. The summed E-state index contributed by atoms with van der Waals surface area (Å²) >= 11 is 0. The molecule has 1 rings (SSSR count). The molecule has 3 heteroatoms. The maximum absolute atomic E-state index is 11.4. The molecule has 0 bridgehead atoms. The van der Waals surface area contributed by atoms with Crippen LogP contribution in [0.25, 0.3) is 0 Å². The van der Waals surface area contributed by atoms with Crippen LogP contribution in [0.5, 0.6) is 0 Å². The van der Waals surface area contributed by atoms with E-state index >= 15 is 0 Å². The molecule has 1 aliphatic carbocycles. The molecule has 0 radical (unpaired) electrons. The van der Waals surface area contributed by atoms with E-state index in [1.54, 1.807) is 0 Å². The van der Waals surface area contributed by atoms with Crippen LogP contribution in [0.3, 0.4) is 0 Å². The molecule has 3 nitrogen and oxygen atoms in total. The third-order valence-electron chi connectivity index (χ3n) is 2.97. The van der Waals surface area contributed by atoms with E-state index in [0.717, 1.165) is 19.3 Å². The number of Topliss-reactive ketones (excluding diaryl/α,β-unsaturated/α-hetero) is 1. The van der Waals surface area contributed by atoms with Crippen LogP contribution in [0.4, 0.5) is 0 Å². The van der Waals surface area contributed by atoms with Crippen LogP contribution in [0.2, 0.25) is 0 Å². The summed E-state index contributed by atoms with van der Waals surface area (Å²) in [5.41, 5.74) is 0. The molecular weight excluding hydrogens is 180 g/mol. The second-order valence-electron chi connectivity index (χ2n) is 3.96. The van der Waals surface area contributed by atoms with Crippen molar-refractivity contribution in [3.63, 3.8) is 0 Å². The molecule has 0 aromatic heterocycles. The molecule has 14 heavy (non-hydrogen) atoms. The largest absolute Gasteiger partial charge is 0.469 e. The van der Waals surface area contributed by atoms with Crippen molar-refractivity contribution in [2.45, 2.75) is 39.0 Å². The zero-order valence-corrected chi connectivity index (χ0v) is 8.91. The third kappa shape index (κ3) is 2.56. The van der Waals surface area contributed by atoms with Gasteiger partial charge in [-0.1, -0.05) is 13.3 Å². The van der Waals surface area contributed by atoms with E-state index in [-0.39, 0.29) is 17.7 Å².